The van der Waals surface area contributed by atoms with E-state index in [1.165, 1.54) is 0 Å². The monoisotopic (exact) mass is 209 g/mol. The maximum Gasteiger partial charge on any atom is 0.309 e. The lowest BCUT2D eigenvalue weighted by molar-refractivity contribution is -0.136. The van der Waals surface area contributed by atoms with E-state index in [1.54, 1.807) is 7.05 Å². The van der Waals surface area contributed by atoms with Gasteiger partial charge < -0.3 is 9.74 Å². The average Bonchev–Trinajstić information content (AvgIpc) is 2.26. The zero-order chi connectivity index (χ0) is 10.4. The summed E-state index contributed by atoms with van der Waals surface area (Å²) in [6.07, 6.45) is 0.679. The zero-order valence-electron chi connectivity index (χ0n) is 8.49. The van der Waals surface area contributed by atoms with Crippen molar-refractivity contribution < 1.29 is 9.22 Å². The molecule has 0 radical (unpaired) electrons. The van der Waals surface area contributed by atoms with Crippen LogP contribution in [0.2, 0.25) is 0 Å². The van der Waals surface area contributed by atoms with Crippen LogP contribution < -0.4 is 5.32 Å². The number of carbonyl (C=O) groups is 1. The zero-order valence-corrected chi connectivity index (χ0v) is 10.5. The molecule has 4 heteroatoms. The summed E-state index contributed by atoms with van der Waals surface area (Å²) in [5.74, 6) is -0.164. The SMILES string of the molecule is CN[C@@H](Cc1ccccc1)C(=O)O[SiH3]. The molecule has 1 aromatic carbocycles. The largest absolute Gasteiger partial charge is 0.528 e. The van der Waals surface area contributed by atoms with Gasteiger partial charge in [0.15, 0.2) is 0 Å². The molecule has 0 amide bonds. The Morgan fingerprint density at radius 1 is 1.50 bits per heavy atom. The summed E-state index contributed by atoms with van der Waals surface area (Å²) < 4.78 is 4.81. The highest BCUT2D eigenvalue weighted by molar-refractivity contribution is 6.06. The Morgan fingerprint density at radius 2 is 2.14 bits per heavy atom. The Morgan fingerprint density at radius 3 is 2.64 bits per heavy atom. The highest BCUT2D eigenvalue weighted by atomic mass is 28.2. The van der Waals surface area contributed by atoms with Crippen molar-refractivity contribution in [1.29, 1.82) is 0 Å². The molecular weight excluding hydrogens is 194 g/mol. The molecule has 0 heterocycles. The van der Waals surface area contributed by atoms with E-state index in [2.05, 4.69) is 5.32 Å². The van der Waals surface area contributed by atoms with Crippen molar-refractivity contribution in [2.75, 3.05) is 7.05 Å². The lowest BCUT2D eigenvalue weighted by Crippen LogP contribution is -2.37. The smallest absolute Gasteiger partial charge is 0.309 e. The molecule has 3 nitrogen and oxygen atoms in total. The van der Waals surface area contributed by atoms with E-state index >= 15 is 0 Å². The van der Waals surface area contributed by atoms with Crippen molar-refractivity contribution >= 4 is 16.5 Å². The van der Waals surface area contributed by atoms with E-state index in [0.717, 1.165) is 5.56 Å². The molecule has 1 atom stereocenters. The lowest BCUT2D eigenvalue weighted by Gasteiger charge is -2.13. The quantitative estimate of drug-likeness (QED) is 0.688. The van der Waals surface area contributed by atoms with E-state index in [1.807, 2.05) is 30.3 Å². The molecule has 1 N–H and O–H groups in total. The van der Waals surface area contributed by atoms with Crippen molar-refractivity contribution in [1.82, 2.24) is 5.32 Å². The molecule has 0 unspecified atom stereocenters. The predicted octanol–water partition coefficient (Wildman–Crippen LogP) is -0.359. The van der Waals surface area contributed by atoms with Gasteiger partial charge in [0, 0.05) is 0 Å². The van der Waals surface area contributed by atoms with Gasteiger partial charge in [-0.3, -0.25) is 4.79 Å². The summed E-state index contributed by atoms with van der Waals surface area (Å²) >= 11 is 0. The van der Waals surface area contributed by atoms with Crippen molar-refractivity contribution in [3.05, 3.63) is 35.9 Å². The van der Waals surface area contributed by atoms with Crippen molar-refractivity contribution in [3.63, 3.8) is 0 Å². The number of hydrogen-bond donors (Lipinski definition) is 1. The van der Waals surface area contributed by atoms with Gasteiger partial charge in [-0.1, -0.05) is 30.3 Å². The van der Waals surface area contributed by atoms with Gasteiger partial charge in [-0.15, -0.1) is 0 Å². The number of carbonyl (C=O) groups excluding carboxylic acids is 1. The minimum absolute atomic E-state index is 0.164. The number of nitrogens with one attached hydrogen (secondary N) is 1. The minimum atomic E-state index is -0.227. The highest BCUT2D eigenvalue weighted by Gasteiger charge is 2.16. The van der Waals surface area contributed by atoms with Crippen LogP contribution in [0, 0.1) is 0 Å². The first-order valence-electron chi connectivity index (χ1n) is 4.57. The molecule has 0 aromatic heterocycles. The fourth-order valence-corrected chi connectivity index (χ4v) is 1.58. The Kier molecular flexibility index (Phi) is 4.35. The Hall–Kier alpha value is -1.13. The number of benzene rings is 1. The van der Waals surface area contributed by atoms with E-state index in [9.17, 15) is 4.79 Å². The highest BCUT2D eigenvalue weighted by Crippen LogP contribution is 2.03. The first kappa shape index (κ1) is 10.9. The third-order valence-electron chi connectivity index (χ3n) is 2.12. The van der Waals surface area contributed by atoms with Gasteiger partial charge in [-0.2, -0.15) is 0 Å². The third-order valence-corrected chi connectivity index (χ3v) is 2.52. The molecule has 0 saturated heterocycles. The fraction of sp³-hybridized carbons (Fsp3) is 0.300. The molecule has 0 saturated carbocycles. The van der Waals surface area contributed by atoms with Crippen LogP contribution in [0.5, 0.6) is 0 Å². The van der Waals surface area contributed by atoms with Crippen LogP contribution in [0.25, 0.3) is 0 Å². The molecular formula is C10H15NO2Si. The molecule has 76 valence electrons. The summed E-state index contributed by atoms with van der Waals surface area (Å²) in [5.41, 5.74) is 1.14. The van der Waals surface area contributed by atoms with Crippen LogP contribution in [0.15, 0.2) is 30.3 Å². The first-order valence-corrected chi connectivity index (χ1v) is 5.38. The van der Waals surface area contributed by atoms with Gasteiger partial charge in [-0.05, 0) is 19.0 Å². The maximum absolute atomic E-state index is 11.3. The lowest BCUT2D eigenvalue weighted by atomic mass is 10.1. The molecule has 0 bridgehead atoms. The van der Waals surface area contributed by atoms with Crippen LogP contribution in [0.3, 0.4) is 0 Å². The summed E-state index contributed by atoms with van der Waals surface area (Å²) in [4.78, 5) is 11.3. The summed E-state index contributed by atoms with van der Waals surface area (Å²) in [7, 11) is 2.22. The second-order valence-corrected chi connectivity index (χ2v) is 3.46. The second-order valence-electron chi connectivity index (χ2n) is 3.05. The number of rotatable bonds is 4. The number of hydrogen-bond acceptors (Lipinski definition) is 3. The third kappa shape index (κ3) is 2.97. The van der Waals surface area contributed by atoms with Gasteiger partial charge in [0.1, 0.15) is 6.04 Å². The molecule has 0 aliphatic rings. The summed E-state index contributed by atoms with van der Waals surface area (Å²) in [6.45, 7) is 0. The fourth-order valence-electron chi connectivity index (χ4n) is 1.30. The van der Waals surface area contributed by atoms with Crippen LogP contribution in [0.1, 0.15) is 5.56 Å². The standard InChI is InChI=1S/C10H15NO2Si/c1-11-9(10(12)13-14)7-8-5-3-2-4-6-8/h2-6,9,11H,7H2,1,14H3/t9-/m0/s1. The average molecular weight is 209 g/mol. The van der Waals surface area contributed by atoms with Crippen LogP contribution in [-0.2, 0) is 15.6 Å². The Bertz CT molecular complexity index is 289. The predicted molar refractivity (Wildman–Crippen MR) is 59.0 cm³/mol. The van der Waals surface area contributed by atoms with Crippen LogP contribution in [-0.4, -0.2) is 29.5 Å². The molecule has 14 heavy (non-hydrogen) atoms. The van der Waals surface area contributed by atoms with Crippen molar-refractivity contribution in [3.8, 4) is 0 Å². The Labute approximate surface area is 87.0 Å². The number of likely N-dealkylation sites (N-methyl/N-ethyl adjacent to an activating group) is 1. The van der Waals surface area contributed by atoms with Gasteiger partial charge in [0.25, 0.3) is 0 Å². The van der Waals surface area contributed by atoms with Gasteiger partial charge >= 0.3 is 5.97 Å². The molecule has 0 fully saturated rings. The van der Waals surface area contributed by atoms with E-state index in [-0.39, 0.29) is 12.0 Å². The van der Waals surface area contributed by atoms with Gasteiger partial charge in [-0.25, -0.2) is 0 Å². The second kappa shape index (κ2) is 5.57. The minimum Gasteiger partial charge on any atom is -0.528 e. The van der Waals surface area contributed by atoms with Crippen molar-refractivity contribution in [2.45, 2.75) is 12.5 Å². The molecule has 0 spiro atoms. The first-order chi connectivity index (χ1) is 6.77. The van der Waals surface area contributed by atoms with E-state index in [4.69, 9.17) is 4.43 Å². The van der Waals surface area contributed by atoms with Crippen LogP contribution >= 0.6 is 0 Å². The topological polar surface area (TPSA) is 38.3 Å². The van der Waals surface area contributed by atoms with Crippen LogP contribution in [0.4, 0.5) is 0 Å². The molecule has 0 aliphatic carbocycles. The van der Waals surface area contributed by atoms with E-state index in [0.29, 0.717) is 16.9 Å². The maximum atomic E-state index is 11.3. The molecule has 1 aromatic rings. The van der Waals surface area contributed by atoms with Gasteiger partial charge in [0.2, 0.25) is 10.5 Å². The molecule has 0 aliphatic heterocycles. The van der Waals surface area contributed by atoms with Crippen molar-refractivity contribution in [2.24, 2.45) is 0 Å². The summed E-state index contributed by atoms with van der Waals surface area (Å²) in [5, 5.41) is 2.95. The van der Waals surface area contributed by atoms with Gasteiger partial charge in [0.05, 0.1) is 0 Å². The Balaban J connectivity index is 2.62. The summed E-state index contributed by atoms with van der Waals surface area (Å²) in [6, 6.07) is 9.68. The van der Waals surface area contributed by atoms with E-state index < -0.39 is 0 Å². The normalized spacial score (nSPS) is 12.4. The molecule has 1 rings (SSSR count).